The molecule has 2 aromatic carbocycles. The van der Waals surface area contributed by atoms with Crippen molar-refractivity contribution in [3.05, 3.63) is 88.8 Å². The number of alkyl carbamates (subject to hydrolysis) is 1. The van der Waals surface area contributed by atoms with Crippen molar-refractivity contribution in [1.29, 1.82) is 0 Å². The lowest BCUT2D eigenvalue weighted by Crippen LogP contribution is -2.64. The van der Waals surface area contributed by atoms with Gasteiger partial charge in [0.1, 0.15) is 35.0 Å². The molecule has 4 N–H and O–H groups in total. The number of benzene rings is 2. The van der Waals surface area contributed by atoms with Crippen LogP contribution in [0.5, 0.6) is 0 Å². The number of rotatable bonds is 18. The van der Waals surface area contributed by atoms with Crippen LogP contribution >= 0.6 is 11.6 Å². The van der Waals surface area contributed by atoms with E-state index in [1.54, 1.807) is 20.8 Å². The number of anilines is 1. The highest BCUT2D eigenvalue weighted by Crippen LogP contribution is 2.36. The van der Waals surface area contributed by atoms with Crippen LogP contribution in [0.3, 0.4) is 0 Å². The molecule has 21 heteroatoms. The van der Waals surface area contributed by atoms with Gasteiger partial charge < -0.3 is 45.3 Å². The van der Waals surface area contributed by atoms with Crippen LogP contribution < -0.4 is 20.9 Å². The molecule has 4 aromatic rings. The van der Waals surface area contributed by atoms with Gasteiger partial charge in [0, 0.05) is 120 Å². The summed E-state index contributed by atoms with van der Waals surface area (Å²) in [5, 5.41) is 11.1. The zero-order valence-electron chi connectivity index (χ0n) is 51.5. The van der Waals surface area contributed by atoms with Crippen molar-refractivity contribution in [1.82, 2.24) is 60.3 Å². The van der Waals surface area contributed by atoms with Crippen LogP contribution in [0.4, 0.5) is 10.6 Å². The van der Waals surface area contributed by atoms with Crippen molar-refractivity contribution in [3.63, 3.8) is 0 Å². The van der Waals surface area contributed by atoms with E-state index in [1.165, 1.54) is 6.33 Å². The van der Waals surface area contributed by atoms with E-state index in [4.69, 9.17) is 16.3 Å². The first-order valence-corrected chi connectivity index (χ1v) is 32.9. The molecule has 7 aliphatic rings. The molecule has 0 bridgehead atoms. The Labute approximate surface area is 518 Å². The molecule has 0 spiro atoms. The van der Waals surface area contributed by atoms with E-state index in [0.717, 1.165) is 151 Å². The molecule has 7 heterocycles. The highest BCUT2D eigenvalue weighted by atomic mass is 35.5. The number of piperidine rings is 3. The van der Waals surface area contributed by atoms with E-state index in [0.29, 0.717) is 94.7 Å². The van der Waals surface area contributed by atoms with E-state index in [2.05, 4.69) is 56.6 Å². The van der Waals surface area contributed by atoms with Gasteiger partial charge in [-0.3, -0.25) is 38.7 Å². The number of halogens is 1. The lowest BCUT2D eigenvalue weighted by molar-refractivity contribution is -0.137. The van der Waals surface area contributed by atoms with Gasteiger partial charge in [-0.05, 0) is 158 Å². The molecule has 2 saturated carbocycles. The molecule has 20 nitrogen and oxygen atoms in total. The molecule has 7 fully saturated rings. The third kappa shape index (κ3) is 15.9. The molecule has 470 valence electrons. The van der Waals surface area contributed by atoms with Crippen LogP contribution in [0.15, 0.2) is 67.1 Å². The summed E-state index contributed by atoms with van der Waals surface area (Å²) < 4.78 is 5.72. The van der Waals surface area contributed by atoms with Crippen molar-refractivity contribution in [2.75, 3.05) is 116 Å². The van der Waals surface area contributed by atoms with Crippen molar-refractivity contribution < 1.29 is 33.5 Å². The number of nitrogens with one attached hydrogen (secondary N) is 4. The van der Waals surface area contributed by atoms with Gasteiger partial charge in [0.15, 0.2) is 0 Å². The first-order valence-electron chi connectivity index (χ1n) is 32.6. The quantitative estimate of drug-likeness (QED) is 0.0777. The Morgan fingerprint density at radius 1 is 0.724 bits per heavy atom. The minimum atomic E-state index is -1.25. The normalized spacial score (nSPS) is 22.1. The largest absolute Gasteiger partial charge is 0.444 e. The van der Waals surface area contributed by atoms with Gasteiger partial charge in [-0.1, -0.05) is 55.1 Å². The second-order valence-corrected chi connectivity index (χ2v) is 27.4. The first-order chi connectivity index (χ1) is 42.0. The summed E-state index contributed by atoms with van der Waals surface area (Å²) >= 11 is 6.36. The molecule has 0 radical (unpaired) electrons. The van der Waals surface area contributed by atoms with E-state index in [9.17, 15) is 28.8 Å². The molecule has 87 heavy (non-hydrogen) atoms. The Morgan fingerprint density at radius 2 is 1.44 bits per heavy atom. The smallest absolute Gasteiger partial charge is 0.408 e. The van der Waals surface area contributed by atoms with Gasteiger partial charge in [-0.25, -0.2) is 14.8 Å². The summed E-state index contributed by atoms with van der Waals surface area (Å²) in [5.41, 5.74) is 1.31. The average molecular weight is 1210 g/mol. The summed E-state index contributed by atoms with van der Waals surface area (Å²) in [7, 11) is 0. The maximum atomic E-state index is 14.8. The number of hydrogen-bond acceptors (Lipinski definition) is 13. The van der Waals surface area contributed by atoms with Crippen molar-refractivity contribution in [2.24, 2.45) is 17.8 Å². The highest BCUT2D eigenvalue weighted by Gasteiger charge is 2.46. The molecule has 1 unspecified atom stereocenters. The van der Waals surface area contributed by atoms with Crippen molar-refractivity contribution in [3.8, 4) is 0 Å². The van der Waals surface area contributed by atoms with E-state index < -0.39 is 23.3 Å². The van der Waals surface area contributed by atoms with Crippen LogP contribution in [0, 0.1) is 17.8 Å². The van der Waals surface area contributed by atoms with Crippen LogP contribution in [-0.4, -0.2) is 208 Å². The van der Waals surface area contributed by atoms with Crippen molar-refractivity contribution in [2.45, 2.75) is 140 Å². The topological polar surface area (TPSA) is 212 Å². The van der Waals surface area contributed by atoms with Gasteiger partial charge in [0.05, 0.1) is 18.0 Å². The van der Waals surface area contributed by atoms with Crippen LogP contribution in [0.25, 0.3) is 11.0 Å². The van der Waals surface area contributed by atoms with Crippen LogP contribution in [0.1, 0.15) is 144 Å². The molecular weight excluding hydrogens is 1120 g/mol. The Kier molecular flexibility index (Phi) is 20.0. The molecule has 5 saturated heterocycles. The maximum absolute atomic E-state index is 14.8. The van der Waals surface area contributed by atoms with Gasteiger partial charge in [-0.2, -0.15) is 0 Å². The third-order valence-electron chi connectivity index (χ3n) is 19.7. The number of carbonyl (C=O) groups excluding carboxylic acids is 6. The van der Waals surface area contributed by atoms with E-state index in [-0.39, 0.29) is 53.3 Å². The highest BCUT2D eigenvalue weighted by molar-refractivity contribution is 6.30. The van der Waals surface area contributed by atoms with Gasteiger partial charge in [0.2, 0.25) is 23.6 Å². The number of nitrogens with zero attached hydrogens (tertiary/aromatic N) is 9. The minimum absolute atomic E-state index is 0.0445. The average Bonchev–Trinajstić information content (AvgIpc) is 4.30. The Balaban J connectivity index is 0.620. The predicted octanol–water partition coefficient (Wildman–Crippen LogP) is 7.22. The Morgan fingerprint density at radius 3 is 2.15 bits per heavy atom. The number of likely N-dealkylation sites (tertiary alicyclic amines) is 2. The molecule has 6 amide bonds. The summed E-state index contributed by atoms with van der Waals surface area (Å²) in [5.74, 6) is 1.85. The Bertz CT molecular complexity index is 3020. The summed E-state index contributed by atoms with van der Waals surface area (Å²) in [6, 6.07) is 16.4. The van der Waals surface area contributed by atoms with E-state index >= 15 is 0 Å². The minimum Gasteiger partial charge on any atom is -0.444 e. The van der Waals surface area contributed by atoms with Gasteiger partial charge >= 0.3 is 6.09 Å². The number of piperazine rings is 2. The van der Waals surface area contributed by atoms with Crippen LogP contribution in [0.2, 0.25) is 5.02 Å². The standard InChI is InChI=1S/C66H92ClN13O7/c1-65(2,3)87-64(86)73-66(24-31-78(32-25-66)59-54-20-26-68-58(54)69-45-70-59)63(85)71-55(47-16-18-53(67)19-17-47)23-30-74-33-37-77(38-34-74)56(81)44-75-28-21-46(22-29-75)42-76-35-39-79(40-36-76)62(84)57(48-9-5-4-6-10-48)72-60(82)51-12-7-11-50(41-51)52-13-8-27-80(43-52)61(83)49-14-15-49/h7,11-12,16-20,26,41,45-46,48-49,52,55,57H,4-6,8-10,13-15,21-25,27-40,42-44H2,1-3H3,(H,71,85)(H,72,82)(H,73,86)(H,68,69,70)/t52?,55-,57+/m0/s1. The van der Waals surface area contributed by atoms with E-state index in [1.807, 2.05) is 69.4 Å². The number of hydrogen-bond donors (Lipinski definition) is 4. The number of H-pyrrole nitrogens is 1. The molecule has 11 rings (SSSR count). The van der Waals surface area contributed by atoms with Crippen molar-refractivity contribution >= 4 is 64.1 Å². The lowest BCUT2D eigenvalue weighted by Gasteiger charge is -2.42. The maximum Gasteiger partial charge on any atom is 0.408 e. The summed E-state index contributed by atoms with van der Waals surface area (Å²) in [6.07, 6.45) is 15.2. The molecular formula is C66H92ClN13O7. The SMILES string of the molecule is CC(C)(C)OC(=O)NC1(C(=O)N[C@@H](CCN2CCN(C(=O)CN3CCC(CN4CCN(C(=O)[C@H](NC(=O)c5cccc(C6CCCN(C(=O)C7CC7)C6)c5)C5CCCCC5)CC4)CC3)CC2)c2ccc(Cl)cc2)CCN(c2ncnc3[nH]ccc23)CC1. The van der Waals surface area contributed by atoms with Crippen LogP contribution in [-0.2, 0) is 23.9 Å². The molecule has 2 aromatic heterocycles. The predicted molar refractivity (Wildman–Crippen MR) is 335 cm³/mol. The second-order valence-electron chi connectivity index (χ2n) is 26.9. The zero-order chi connectivity index (χ0) is 60.7. The van der Waals surface area contributed by atoms with Gasteiger partial charge in [0.25, 0.3) is 5.91 Å². The third-order valence-corrected chi connectivity index (χ3v) is 19.9. The monoisotopic (exact) mass is 1210 g/mol. The fourth-order valence-corrected chi connectivity index (χ4v) is 14.5. The fourth-order valence-electron chi connectivity index (χ4n) is 14.3. The molecule has 2 aliphatic carbocycles. The number of aromatic nitrogens is 3. The fraction of sp³-hybridized carbons (Fsp3) is 0.636. The number of aromatic amines is 1. The Hall–Kier alpha value is -6.35. The number of carbonyl (C=O) groups is 6. The number of amides is 6. The molecule has 3 atom stereocenters. The second kappa shape index (κ2) is 28.0. The number of fused-ring (bicyclic) bond motifs is 1. The van der Waals surface area contributed by atoms with Gasteiger partial charge in [-0.15, -0.1) is 0 Å². The summed E-state index contributed by atoms with van der Waals surface area (Å²) in [6.45, 7) is 17.3. The number of ether oxygens (including phenoxy) is 1. The molecule has 5 aliphatic heterocycles. The summed E-state index contributed by atoms with van der Waals surface area (Å²) in [4.78, 5) is 111. The lowest BCUT2D eigenvalue weighted by atomic mass is 9.83. The first kappa shape index (κ1) is 62.3. The zero-order valence-corrected chi connectivity index (χ0v) is 52.3.